The second kappa shape index (κ2) is 5.56. The van der Waals surface area contributed by atoms with E-state index in [0.717, 1.165) is 19.3 Å². The van der Waals surface area contributed by atoms with E-state index in [1.54, 1.807) is 13.8 Å². The zero-order valence-electron chi connectivity index (χ0n) is 11.1. The Kier molecular flexibility index (Phi) is 4.23. The summed E-state index contributed by atoms with van der Waals surface area (Å²) in [5.41, 5.74) is -0.717. The van der Waals surface area contributed by atoms with E-state index in [1.165, 1.54) is 0 Å². The van der Waals surface area contributed by atoms with Crippen LogP contribution in [0.3, 0.4) is 0 Å². The average Bonchev–Trinajstić information content (AvgIpc) is 2.31. The van der Waals surface area contributed by atoms with Crippen LogP contribution < -0.4 is 4.90 Å². The van der Waals surface area contributed by atoms with Crippen LogP contribution in [0.2, 0.25) is 5.28 Å². The van der Waals surface area contributed by atoms with E-state index in [2.05, 4.69) is 14.9 Å². The van der Waals surface area contributed by atoms with Crippen LogP contribution in [-0.4, -0.2) is 58.3 Å². The van der Waals surface area contributed by atoms with Gasteiger partial charge in [-0.2, -0.15) is 4.98 Å². The Bertz CT molecular complexity index is 444. The summed E-state index contributed by atoms with van der Waals surface area (Å²) in [6, 6.07) is 0. The number of anilines is 1. The van der Waals surface area contributed by atoms with Crippen molar-refractivity contribution in [2.24, 2.45) is 0 Å². The number of rotatable bonds is 3. The lowest BCUT2D eigenvalue weighted by Gasteiger charge is -2.37. The zero-order valence-corrected chi connectivity index (χ0v) is 11.9. The highest BCUT2D eigenvalue weighted by Gasteiger charge is 2.24. The first kappa shape index (κ1) is 14.4. The Labute approximate surface area is 117 Å². The summed E-state index contributed by atoms with van der Waals surface area (Å²) in [5, 5.41) is 9.83. The molecule has 1 saturated heterocycles. The van der Waals surface area contributed by atoms with Gasteiger partial charge in [-0.25, -0.2) is 9.37 Å². The first-order chi connectivity index (χ1) is 8.85. The van der Waals surface area contributed by atoms with Crippen molar-refractivity contribution in [1.29, 1.82) is 0 Å². The molecule has 19 heavy (non-hydrogen) atoms. The van der Waals surface area contributed by atoms with Gasteiger partial charge in [0, 0.05) is 32.7 Å². The second-order valence-electron chi connectivity index (χ2n) is 5.39. The third-order valence-corrected chi connectivity index (χ3v) is 3.16. The Hall–Kier alpha value is -0.980. The SMILES string of the molecule is CC(C)(O)CN1CCN(c2nc(Cl)ncc2F)CC1. The fourth-order valence-electron chi connectivity index (χ4n) is 2.22. The molecule has 1 N–H and O–H groups in total. The first-order valence-corrected chi connectivity index (χ1v) is 6.61. The van der Waals surface area contributed by atoms with Gasteiger partial charge in [0.05, 0.1) is 11.8 Å². The van der Waals surface area contributed by atoms with Crippen LogP contribution >= 0.6 is 11.6 Å². The van der Waals surface area contributed by atoms with Gasteiger partial charge in [-0.1, -0.05) is 0 Å². The maximum Gasteiger partial charge on any atom is 0.224 e. The fraction of sp³-hybridized carbons (Fsp3) is 0.667. The van der Waals surface area contributed by atoms with Gasteiger partial charge in [-0.05, 0) is 25.4 Å². The van der Waals surface area contributed by atoms with Crippen molar-refractivity contribution in [3.63, 3.8) is 0 Å². The molecule has 106 valence electrons. The third kappa shape index (κ3) is 3.99. The van der Waals surface area contributed by atoms with Crippen LogP contribution in [0.15, 0.2) is 6.20 Å². The Morgan fingerprint density at radius 3 is 2.58 bits per heavy atom. The number of β-amino-alcohol motifs (C(OH)–C–C–N with tert-alkyl or cyclic N) is 1. The molecule has 2 rings (SSSR count). The molecule has 0 amide bonds. The van der Waals surface area contributed by atoms with Crippen LogP contribution in [0, 0.1) is 5.82 Å². The lowest BCUT2D eigenvalue weighted by molar-refractivity contribution is 0.0344. The van der Waals surface area contributed by atoms with E-state index in [4.69, 9.17) is 11.6 Å². The van der Waals surface area contributed by atoms with E-state index in [0.29, 0.717) is 19.6 Å². The van der Waals surface area contributed by atoms with Gasteiger partial charge in [-0.3, -0.25) is 4.90 Å². The topological polar surface area (TPSA) is 52.5 Å². The van der Waals surface area contributed by atoms with E-state index >= 15 is 0 Å². The molecule has 1 fully saturated rings. The highest BCUT2D eigenvalue weighted by Crippen LogP contribution is 2.19. The van der Waals surface area contributed by atoms with E-state index in [1.807, 2.05) is 4.90 Å². The quantitative estimate of drug-likeness (QED) is 0.846. The van der Waals surface area contributed by atoms with Crippen molar-refractivity contribution in [1.82, 2.24) is 14.9 Å². The number of hydrogen-bond acceptors (Lipinski definition) is 5. The number of nitrogens with zero attached hydrogens (tertiary/aromatic N) is 4. The van der Waals surface area contributed by atoms with E-state index in [9.17, 15) is 9.50 Å². The summed E-state index contributed by atoms with van der Waals surface area (Å²) in [5.74, 6) is -0.205. The molecular weight excluding hydrogens is 271 g/mol. The highest BCUT2D eigenvalue weighted by molar-refractivity contribution is 6.28. The van der Waals surface area contributed by atoms with Gasteiger partial charge in [-0.15, -0.1) is 0 Å². The number of halogens is 2. The molecule has 0 atom stereocenters. The zero-order chi connectivity index (χ0) is 14.0. The number of hydrogen-bond donors (Lipinski definition) is 1. The molecule has 1 aliphatic rings. The Morgan fingerprint density at radius 2 is 2.00 bits per heavy atom. The van der Waals surface area contributed by atoms with Crippen LogP contribution in [0.5, 0.6) is 0 Å². The number of aromatic nitrogens is 2. The molecule has 5 nitrogen and oxygen atoms in total. The summed E-state index contributed by atoms with van der Waals surface area (Å²) in [4.78, 5) is 11.5. The monoisotopic (exact) mass is 288 g/mol. The van der Waals surface area contributed by atoms with Crippen molar-refractivity contribution in [3.05, 3.63) is 17.3 Å². The van der Waals surface area contributed by atoms with E-state index in [-0.39, 0.29) is 11.1 Å². The number of piperazine rings is 1. The largest absolute Gasteiger partial charge is 0.389 e. The molecular formula is C12H18ClFN4O. The van der Waals surface area contributed by atoms with Crippen molar-refractivity contribution in [3.8, 4) is 0 Å². The highest BCUT2D eigenvalue weighted by atomic mass is 35.5. The predicted octanol–water partition coefficient (Wildman–Crippen LogP) is 1.16. The van der Waals surface area contributed by atoms with Gasteiger partial charge in [0.1, 0.15) is 0 Å². The maximum atomic E-state index is 13.6. The summed E-state index contributed by atoms with van der Waals surface area (Å²) >= 11 is 5.69. The summed E-state index contributed by atoms with van der Waals surface area (Å²) in [6.45, 7) is 6.98. The molecule has 0 aromatic carbocycles. The summed E-state index contributed by atoms with van der Waals surface area (Å²) in [7, 11) is 0. The maximum absolute atomic E-state index is 13.6. The smallest absolute Gasteiger partial charge is 0.224 e. The van der Waals surface area contributed by atoms with Gasteiger partial charge in [0.25, 0.3) is 0 Å². The minimum atomic E-state index is -0.717. The molecule has 2 heterocycles. The molecule has 0 spiro atoms. The molecule has 0 bridgehead atoms. The van der Waals surface area contributed by atoms with Crippen molar-refractivity contribution in [2.45, 2.75) is 19.4 Å². The first-order valence-electron chi connectivity index (χ1n) is 6.23. The van der Waals surface area contributed by atoms with E-state index < -0.39 is 11.4 Å². The van der Waals surface area contributed by atoms with Crippen LogP contribution in [0.25, 0.3) is 0 Å². The van der Waals surface area contributed by atoms with Gasteiger partial charge in [0.15, 0.2) is 11.6 Å². The third-order valence-electron chi connectivity index (χ3n) is 2.98. The van der Waals surface area contributed by atoms with Gasteiger partial charge >= 0.3 is 0 Å². The number of aliphatic hydroxyl groups is 1. The van der Waals surface area contributed by atoms with Crippen molar-refractivity contribution in [2.75, 3.05) is 37.6 Å². The van der Waals surface area contributed by atoms with Crippen LogP contribution in [-0.2, 0) is 0 Å². The molecule has 1 aromatic heterocycles. The van der Waals surface area contributed by atoms with Crippen LogP contribution in [0.4, 0.5) is 10.2 Å². The minimum absolute atomic E-state index is 0.0512. The second-order valence-corrected chi connectivity index (χ2v) is 5.72. The summed E-state index contributed by atoms with van der Waals surface area (Å²) in [6.07, 6.45) is 1.09. The molecule has 1 aromatic rings. The van der Waals surface area contributed by atoms with Crippen LogP contribution in [0.1, 0.15) is 13.8 Å². The molecule has 0 radical (unpaired) electrons. The normalized spacial score (nSPS) is 17.8. The fourth-order valence-corrected chi connectivity index (χ4v) is 2.35. The predicted molar refractivity (Wildman–Crippen MR) is 72.0 cm³/mol. The van der Waals surface area contributed by atoms with Gasteiger partial charge in [0.2, 0.25) is 5.28 Å². The van der Waals surface area contributed by atoms with Gasteiger partial charge < -0.3 is 10.0 Å². The molecule has 0 saturated carbocycles. The lowest BCUT2D eigenvalue weighted by atomic mass is 10.1. The molecule has 0 aliphatic carbocycles. The minimum Gasteiger partial charge on any atom is -0.389 e. The molecule has 1 aliphatic heterocycles. The standard InChI is InChI=1S/C12H18ClFN4O/c1-12(2,19)8-17-3-5-18(6-4-17)10-9(14)7-15-11(13)16-10/h7,19H,3-6,8H2,1-2H3. The molecule has 0 unspecified atom stereocenters. The lowest BCUT2D eigenvalue weighted by Crippen LogP contribution is -2.50. The molecule has 7 heteroatoms. The Balaban J connectivity index is 1.98. The summed E-state index contributed by atoms with van der Waals surface area (Å²) < 4.78 is 13.6. The average molecular weight is 289 g/mol. The van der Waals surface area contributed by atoms with Crippen molar-refractivity contribution < 1.29 is 9.50 Å². The van der Waals surface area contributed by atoms with Crippen molar-refractivity contribution >= 4 is 17.4 Å². The Morgan fingerprint density at radius 1 is 1.37 bits per heavy atom.